The maximum absolute atomic E-state index is 16.2. The number of nitrogens with one attached hydrogen (secondary N) is 3. The molecule has 3 aliphatic heterocycles. The zero-order valence-corrected chi connectivity index (χ0v) is 30.5. The Morgan fingerprint density at radius 2 is 1.63 bits per heavy atom. The molecule has 3 aliphatic carbocycles. The fourth-order valence-corrected chi connectivity index (χ4v) is 9.30. The molecule has 4 bridgehead atoms. The number of amides is 4. The molecule has 4 heterocycles. The van der Waals surface area contributed by atoms with Crippen molar-refractivity contribution in [1.29, 1.82) is 0 Å². The first-order valence-electron chi connectivity index (χ1n) is 18.9. The predicted molar refractivity (Wildman–Crippen MR) is 188 cm³/mol. The van der Waals surface area contributed by atoms with Gasteiger partial charge in [-0.3, -0.25) is 19.1 Å². The van der Waals surface area contributed by atoms with E-state index < -0.39 is 85.6 Å². The average molecular weight is 771 g/mol. The van der Waals surface area contributed by atoms with Gasteiger partial charge >= 0.3 is 12.0 Å². The van der Waals surface area contributed by atoms with Gasteiger partial charge in [0.2, 0.25) is 27.7 Å². The summed E-state index contributed by atoms with van der Waals surface area (Å²) in [6.07, 6.45) is 6.73. The maximum Gasteiger partial charge on any atom is 0.407 e. The normalized spacial score (nSPS) is 31.1. The molecule has 5 fully saturated rings. The van der Waals surface area contributed by atoms with Crippen LogP contribution in [0.25, 0.3) is 11.0 Å². The van der Waals surface area contributed by atoms with Crippen molar-refractivity contribution in [3.63, 3.8) is 0 Å². The highest BCUT2D eigenvalue weighted by Gasteiger charge is 2.62. The van der Waals surface area contributed by atoms with Crippen LogP contribution in [0.2, 0.25) is 0 Å². The lowest BCUT2D eigenvalue weighted by molar-refractivity contribution is -0.134. The van der Waals surface area contributed by atoms with Gasteiger partial charge in [0.25, 0.3) is 5.91 Å². The quantitative estimate of drug-likeness (QED) is 0.390. The van der Waals surface area contributed by atoms with Crippen molar-refractivity contribution in [3.8, 4) is 5.88 Å². The number of nitrogens with zero attached hydrogens (tertiary/aromatic N) is 3. The van der Waals surface area contributed by atoms with Gasteiger partial charge in [0, 0.05) is 12.0 Å². The molecule has 290 valence electrons. The first kappa shape index (κ1) is 36.6. The minimum absolute atomic E-state index is 0.161. The molecule has 1 aromatic heterocycles. The predicted octanol–water partition coefficient (Wildman–Crippen LogP) is 3.60. The van der Waals surface area contributed by atoms with Crippen LogP contribution < -0.4 is 20.1 Å². The van der Waals surface area contributed by atoms with Crippen LogP contribution in [0, 0.1) is 17.3 Å². The van der Waals surface area contributed by atoms with Gasteiger partial charge in [0.05, 0.1) is 28.7 Å². The zero-order chi connectivity index (χ0) is 37.9. The number of aromatic nitrogens is 2. The van der Waals surface area contributed by atoms with Crippen molar-refractivity contribution in [1.82, 2.24) is 30.2 Å². The van der Waals surface area contributed by atoms with E-state index in [1.54, 1.807) is 24.3 Å². The fraction of sp³-hybridized carbons (Fsp3) is 0.622. The summed E-state index contributed by atoms with van der Waals surface area (Å²) in [5, 5.41) is 4.88. The molecule has 1 aromatic carbocycles. The number of halogens is 2. The van der Waals surface area contributed by atoms with Gasteiger partial charge < -0.3 is 25.0 Å². The lowest BCUT2D eigenvalue weighted by Crippen LogP contribution is -2.55. The average Bonchev–Trinajstić information content (AvgIpc) is 4.06. The van der Waals surface area contributed by atoms with Gasteiger partial charge in [-0.05, 0) is 69.1 Å². The van der Waals surface area contributed by atoms with E-state index >= 15 is 8.78 Å². The summed E-state index contributed by atoms with van der Waals surface area (Å²) in [4.78, 5) is 65.5. The van der Waals surface area contributed by atoms with Crippen LogP contribution in [0.1, 0.15) is 82.7 Å². The van der Waals surface area contributed by atoms with E-state index in [4.69, 9.17) is 9.47 Å². The smallest absolute Gasteiger partial charge is 0.407 e. The Morgan fingerprint density at radius 1 is 0.926 bits per heavy atom. The number of allylic oxidation sites excluding steroid dienone is 1. The van der Waals surface area contributed by atoms with Gasteiger partial charge in [0.1, 0.15) is 24.3 Å². The molecule has 2 saturated heterocycles. The first-order chi connectivity index (χ1) is 25.8. The topological polar surface area (TPSA) is 186 Å². The highest BCUT2D eigenvalue weighted by atomic mass is 32.2. The summed E-state index contributed by atoms with van der Waals surface area (Å²) < 4.78 is 72.1. The highest BCUT2D eigenvalue weighted by molar-refractivity contribution is 7.91. The van der Waals surface area contributed by atoms with Gasteiger partial charge in [-0.25, -0.2) is 23.2 Å². The Balaban J connectivity index is 1.18. The number of carbonyl (C=O) groups is 4. The molecule has 1 unspecified atom stereocenters. The van der Waals surface area contributed by atoms with E-state index in [9.17, 15) is 27.6 Å². The number of hydrogen-bond acceptors (Lipinski definition) is 10. The number of benzene rings is 1. The summed E-state index contributed by atoms with van der Waals surface area (Å²) in [6, 6.07) is 5.45. The molecule has 54 heavy (non-hydrogen) atoms. The van der Waals surface area contributed by atoms with Gasteiger partial charge in [-0.2, -0.15) is 8.78 Å². The van der Waals surface area contributed by atoms with Crippen LogP contribution in [-0.2, 0) is 35.1 Å². The number of rotatable bonds is 3. The number of carbonyl (C=O) groups excluding carboxylic acids is 4. The zero-order valence-electron chi connectivity index (χ0n) is 29.7. The van der Waals surface area contributed by atoms with Crippen LogP contribution in [0.5, 0.6) is 5.88 Å². The van der Waals surface area contributed by atoms with E-state index in [-0.39, 0.29) is 43.1 Å². The van der Waals surface area contributed by atoms with E-state index in [1.807, 2.05) is 0 Å². The van der Waals surface area contributed by atoms with Crippen molar-refractivity contribution in [2.24, 2.45) is 17.3 Å². The van der Waals surface area contributed by atoms with Crippen LogP contribution >= 0.6 is 0 Å². The third-order valence-electron chi connectivity index (χ3n) is 11.8. The number of alkyl carbamates (subject to hydrolysis) is 1. The van der Waals surface area contributed by atoms with Gasteiger partial charge in [-0.15, -0.1) is 0 Å². The molecule has 6 aliphatic rings. The van der Waals surface area contributed by atoms with Crippen LogP contribution in [0.4, 0.5) is 13.6 Å². The number of para-hydroxylation sites is 2. The fourth-order valence-electron chi connectivity index (χ4n) is 7.93. The molecular weight excluding hydrogens is 727 g/mol. The number of sulfonamides is 1. The molecular formula is C37H44F2N6O8S. The molecule has 17 heteroatoms. The van der Waals surface area contributed by atoms with Crippen LogP contribution in [-0.4, -0.2) is 89.7 Å². The maximum atomic E-state index is 16.2. The largest absolute Gasteiger partial charge is 0.470 e. The summed E-state index contributed by atoms with van der Waals surface area (Å²) in [6.45, 7) is -0.631. The second kappa shape index (κ2) is 13.7. The Morgan fingerprint density at radius 3 is 2.35 bits per heavy atom. The van der Waals surface area contributed by atoms with Gasteiger partial charge in [0.15, 0.2) is 5.69 Å². The molecule has 0 radical (unpaired) electrons. The minimum Gasteiger partial charge on any atom is -0.470 e. The van der Waals surface area contributed by atoms with Crippen molar-refractivity contribution < 1.29 is 45.9 Å². The van der Waals surface area contributed by atoms with E-state index in [2.05, 4.69) is 25.3 Å². The molecule has 8 rings (SSSR count). The Bertz CT molecular complexity index is 2010. The lowest BCUT2D eigenvalue weighted by atomic mass is 10.0. The summed E-state index contributed by atoms with van der Waals surface area (Å²) in [7, 11) is -3.93. The highest BCUT2D eigenvalue weighted by Crippen LogP contribution is 2.50. The third kappa shape index (κ3) is 7.35. The Labute approximate surface area is 311 Å². The number of cyclic esters (lactones) is 1. The molecule has 4 amide bonds. The summed E-state index contributed by atoms with van der Waals surface area (Å²) >= 11 is 0. The van der Waals surface area contributed by atoms with Crippen molar-refractivity contribution in [3.05, 3.63) is 42.1 Å². The number of ether oxygens (including phenoxy) is 2. The second-order valence-electron chi connectivity index (χ2n) is 15.8. The van der Waals surface area contributed by atoms with Crippen LogP contribution in [0.15, 0.2) is 36.4 Å². The summed E-state index contributed by atoms with van der Waals surface area (Å²) in [5.74, 6) is -7.77. The molecule has 2 aromatic rings. The Hall–Kier alpha value is -4.41. The standard InChI is InChI=1S/C37H44F2N6O8S/c38-37(39)17-16-35(14-15-35)21-52-34(49)42-27-11-5-3-1-2-4-8-22-18-36(22,33(48)44-54(50,51)23-12-13-23)43-30(46)24-19-45(32(27)47)20-28(24)53-31-29(37)40-25-9-6-7-10-26(25)41-31/h6-7,9-10,16-17,22-24,27-28H,1-5,8,11-15,18-21H2,(H,42,49)(H,43,46)(H,44,48)/t22-,24?,27+,28+,36+/m1/s1. The number of hydrogen-bond donors (Lipinski definition) is 3. The molecule has 3 N–H and O–H groups in total. The molecule has 3 saturated carbocycles. The van der Waals surface area contributed by atoms with Crippen molar-refractivity contribution in [2.45, 2.75) is 106 Å². The van der Waals surface area contributed by atoms with Gasteiger partial charge in [-0.1, -0.05) is 50.3 Å². The molecule has 14 nitrogen and oxygen atoms in total. The monoisotopic (exact) mass is 770 g/mol. The van der Waals surface area contributed by atoms with E-state index in [1.165, 1.54) is 11.0 Å². The van der Waals surface area contributed by atoms with Crippen molar-refractivity contribution in [2.75, 3.05) is 19.7 Å². The van der Waals surface area contributed by atoms with E-state index in [0.717, 1.165) is 25.7 Å². The molecule has 5 atom stereocenters. The lowest BCUT2D eigenvalue weighted by Gasteiger charge is -2.25. The number of fused-ring (bicyclic) bond motifs is 7. The molecule has 1 spiro atoms. The van der Waals surface area contributed by atoms with Crippen LogP contribution in [0.3, 0.4) is 0 Å². The second-order valence-corrected chi connectivity index (χ2v) is 17.8. The third-order valence-corrected chi connectivity index (χ3v) is 13.6. The SMILES string of the molecule is O=C1N[C@H]2CCCCCCC[C@@H]3C[C@]3(C(=O)NS(=O)(=O)C3CC3)NC(=O)C3CN(C[C@@H]3Oc3nc4ccccc4nc3C(F)(F)C=CC3(CC3)CO1)C2=O. The summed E-state index contributed by atoms with van der Waals surface area (Å²) in [5.41, 5.74) is -2.64. The number of alkyl halides is 2. The minimum atomic E-state index is -3.93. The Kier molecular flexibility index (Phi) is 9.28. The first-order valence-corrected chi connectivity index (χ1v) is 20.4. The van der Waals surface area contributed by atoms with Crippen molar-refractivity contribution >= 4 is 44.9 Å². The van der Waals surface area contributed by atoms with E-state index in [0.29, 0.717) is 51.0 Å².